The molecular formula is H8B3P4. The van der Waals surface area contributed by atoms with Gasteiger partial charge in [-0.25, -0.2) is 0 Å². The van der Waals surface area contributed by atoms with Crippen LogP contribution in [0.25, 0.3) is 0 Å². The van der Waals surface area contributed by atoms with Crippen LogP contribution in [-0.2, 0) is 0 Å². The first kappa shape index (κ1) is 8.91. The lowest BCUT2D eigenvalue weighted by molar-refractivity contribution is 3.96. The Morgan fingerprint density at radius 1 is 0.857 bits per heavy atom. The van der Waals surface area contributed by atoms with Crippen LogP contribution in [0.4, 0.5) is 0 Å². The molecule has 1 radical (unpaired) electrons. The SMILES string of the molecule is PB(P)[B]B(P)P. The molecule has 0 aromatic heterocycles. The van der Waals surface area contributed by atoms with Gasteiger partial charge in [0.05, 0.1) is 7.06 Å². The second kappa shape index (κ2) is 4.76. The smallest absolute Gasteiger partial charge is 0.138 e. The fourth-order valence-corrected chi connectivity index (χ4v) is 2.31. The van der Waals surface area contributed by atoms with E-state index in [-0.39, 0.29) is 0 Å². The molecule has 0 amide bonds. The Balaban J connectivity index is 2.95. The zero-order chi connectivity index (χ0) is 5.86. The van der Waals surface area contributed by atoms with Crippen LogP contribution in [0.3, 0.4) is 0 Å². The second-order valence-corrected chi connectivity index (χ2v) is 5.97. The molecule has 0 spiro atoms. The average molecular weight is 164 g/mol. The monoisotopic (exact) mass is 165 g/mol. The van der Waals surface area contributed by atoms with Gasteiger partial charge in [-0.2, -0.15) is 36.5 Å². The summed E-state index contributed by atoms with van der Waals surface area (Å²) in [6, 6.07) is 1.08. The van der Waals surface area contributed by atoms with Crippen molar-refractivity contribution in [1.29, 1.82) is 0 Å². The summed E-state index contributed by atoms with van der Waals surface area (Å²) < 4.78 is 0. The van der Waals surface area contributed by atoms with Crippen molar-refractivity contribution in [2.24, 2.45) is 0 Å². The van der Waals surface area contributed by atoms with Crippen LogP contribution in [0.5, 0.6) is 0 Å². The lowest BCUT2D eigenvalue weighted by atomic mass is 9.35. The third-order valence-corrected chi connectivity index (χ3v) is 1.33. The Morgan fingerprint density at radius 3 is 1.14 bits per heavy atom. The van der Waals surface area contributed by atoms with Gasteiger partial charge in [0.2, 0.25) is 0 Å². The van der Waals surface area contributed by atoms with E-state index >= 15 is 0 Å². The lowest BCUT2D eigenvalue weighted by Crippen LogP contribution is -2.16. The van der Waals surface area contributed by atoms with Crippen LogP contribution < -0.4 is 0 Å². The summed E-state index contributed by atoms with van der Waals surface area (Å²) in [5, 5.41) is 0. The molecule has 7 heteroatoms. The van der Waals surface area contributed by atoms with Crippen LogP contribution >= 0.6 is 36.5 Å². The summed E-state index contributed by atoms with van der Waals surface area (Å²) in [5.74, 6) is 0. The van der Waals surface area contributed by atoms with Gasteiger partial charge in [0, 0.05) is 0 Å². The molecule has 4 atom stereocenters. The molecule has 0 aromatic carbocycles. The molecule has 0 bridgehead atoms. The second-order valence-electron chi connectivity index (χ2n) is 1.35. The van der Waals surface area contributed by atoms with Gasteiger partial charge in [0.1, 0.15) is 12.1 Å². The molecule has 7 heavy (non-hydrogen) atoms. The summed E-state index contributed by atoms with van der Waals surface area (Å²) >= 11 is 0. The van der Waals surface area contributed by atoms with Gasteiger partial charge in [-0.15, -0.1) is 0 Å². The summed E-state index contributed by atoms with van der Waals surface area (Å²) in [5.41, 5.74) is 0. The van der Waals surface area contributed by atoms with Gasteiger partial charge in [-0.05, 0) is 0 Å². The minimum atomic E-state index is 0.542. The Hall–Kier alpha value is 1.91. The highest BCUT2D eigenvalue weighted by atomic mass is 31.1. The molecule has 0 fully saturated rings. The van der Waals surface area contributed by atoms with Gasteiger partial charge in [0.25, 0.3) is 0 Å². The molecule has 4 unspecified atom stereocenters. The van der Waals surface area contributed by atoms with Crippen molar-refractivity contribution in [2.75, 3.05) is 0 Å². The van der Waals surface area contributed by atoms with Crippen LogP contribution in [-0.4, -0.2) is 19.1 Å². The number of hydrogen-bond acceptors (Lipinski definition) is 0. The molecule has 0 aromatic rings. The largest absolute Gasteiger partial charge is 0.175 e. The predicted octanol–water partition coefficient (Wildman–Crippen LogP) is 0.161. The molecule has 0 aliphatic carbocycles. The summed E-state index contributed by atoms with van der Waals surface area (Å²) in [6.07, 6.45) is 0. The molecule has 0 N–H and O–H groups in total. The third-order valence-electron chi connectivity index (χ3n) is 0.444. The first-order valence-corrected chi connectivity index (χ1v) is 4.67. The minimum absolute atomic E-state index is 0.542. The maximum Gasteiger partial charge on any atom is 0.138 e. The van der Waals surface area contributed by atoms with Crippen molar-refractivity contribution < 1.29 is 0 Å². The van der Waals surface area contributed by atoms with E-state index in [0.717, 1.165) is 0 Å². The Kier molecular flexibility index (Phi) is 6.06. The maximum absolute atomic E-state index is 2.68. The molecule has 37 valence electrons. The first-order chi connectivity index (χ1) is 3.13. The predicted molar refractivity (Wildman–Crippen MR) is 56.1 cm³/mol. The zero-order valence-corrected chi connectivity index (χ0v) is 8.66. The van der Waals surface area contributed by atoms with Crippen LogP contribution in [0.1, 0.15) is 0 Å². The number of hydrogen-bond donors (Lipinski definition) is 0. The topological polar surface area (TPSA) is 0 Å². The van der Waals surface area contributed by atoms with Crippen molar-refractivity contribution in [2.45, 2.75) is 0 Å². The third kappa shape index (κ3) is 7.91. The summed E-state index contributed by atoms with van der Waals surface area (Å²) in [4.78, 5) is 0. The first-order valence-electron chi connectivity index (χ1n) is 2.00. The van der Waals surface area contributed by atoms with E-state index in [1.165, 1.54) is 0 Å². The van der Waals surface area contributed by atoms with E-state index in [1.54, 1.807) is 0 Å². The van der Waals surface area contributed by atoms with Crippen LogP contribution in [0, 0.1) is 0 Å². The maximum atomic E-state index is 2.68. The highest BCUT2D eigenvalue weighted by molar-refractivity contribution is 8.18. The normalized spacial score (nSPS) is 8.00. The fraction of sp³-hybridized carbons (Fsp3) is 0. The summed E-state index contributed by atoms with van der Waals surface area (Å²) in [7, 11) is 12.9. The van der Waals surface area contributed by atoms with E-state index in [9.17, 15) is 0 Å². The highest BCUT2D eigenvalue weighted by Gasteiger charge is 2.05. The Labute approximate surface area is 56.1 Å². The van der Waals surface area contributed by atoms with Crippen molar-refractivity contribution >= 4 is 55.6 Å². The number of rotatable bonds is 2. The zero-order valence-electron chi connectivity index (χ0n) is 4.04. The molecular weight excluding hydrogens is 156 g/mol. The van der Waals surface area contributed by atoms with Crippen molar-refractivity contribution in [3.8, 4) is 0 Å². The van der Waals surface area contributed by atoms with E-state index in [2.05, 4.69) is 43.5 Å². The Bertz CT molecular complexity index is 36.2. The minimum Gasteiger partial charge on any atom is -0.175 e. The van der Waals surface area contributed by atoms with Gasteiger partial charge in [-0.3, -0.25) is 0 Å². The molecule has 0 rings (SSSR count). The summed E-state index contributed by atoms with van der Waals surface area (Å²) in [6.45, 7) is 0. The quantitative estimate of drug-likeness (QED) is 0.403. The van der Waals surface area contributed by atoms with E-state index < -0.39 is 0 Å². The van der Waals surface area contributed by atoms with Gasteiger partial charge < -0.3 is 0 Å². The van der Waals surface area contributed by atoms with E-state index in [0.29, 0.717) is 12.1 Å². The molecule has 0 aliphatic heterocycles. The van der Waals surface area contributed by atoms with Crippen molar-refractivity contribution in [3.05, 3.63) is 0 Å². The highest BCUT2D eigenvalue weighted by Crippen LogP contribution is 2.08. The van der Waals surface area contributed by atoms with Gasteiger partial charge in [-0.1, -0.05) is 0 Å². The van der Waals surface area contributed by atoms with Crippen molar-refractivity contribution in [1.82, 2.24) is 0 Å². The van der Waals surface area contributed by atoms with Crippen molar-refractivity contribution in [3.63, 3.8) is 0 Å². The molecule has 0 saturated heterocycles. The molecule has 0 nitrogen and oxygen atoms in total. The average Bonchev–Trinajstić information content (AvgIpc) is 1.27. The van der Waals surface area contributed by atoms with E-state index in [4.69, 9.17) is 0 Å². The molecule has 0 aliphatic rings. The standard InChI is InChI=1S/B3H8P4/c4-2(5)1-3(6)7/h4-7H2. The van der Waals surface area contributed by atoms with Gasteiger partial charge >= 0.3 is 0 Å². The fourth-order valence-electron chi connectivity index (χ4n) is 0.257. The lowest BCUT2D eigenvalue weighted by Gasteiger charge is -1.96. The van der Waals surface area contributed by atoms with Gasteiger partial charge in [0.15, 0.2) is 0 Å². The Morgan fingerprint density at radius 2 is 1.14 bits per heavy atom. The molecule has 0 saturated carbocycles. The van der Waals surface area contributed by atoms with Crippen LogP contribution in [0.15, 0.2) is 0 Å². The molecule has 0 heterocycles. The van der Waals surface area contributed by atoms with Crippen LogP contribution in [0.2, 0.25) is 0 Å². The van der Waals surface area contributed by atoms with E-state index in [1.807, 2.05) is 0 Å².